The lowest BCUT2D eigenvalue weighted by molar-refractivity contribution is -0.252. The van der Waals surface area contributed by atoms with Crippen molar-refractivity contribution >= 4 is 6.03 Å². The van der Waals surface area contributed by atoms with Gasteiger partial charge < -0.3 is 30.1 Å². The molecule has 4 bridgehead atoms. The molecule has 2 heterocycles. The number of rotatable bonds is 11. The van der Waals surface area contributed by atoms with E-state index in [4.69, 9.17) is 9.47 Å². The normalized spacial score (nSPS) is 30.0. The minimum absolute atomic E-state index is 0.0103. The zero-order valence-corrected chi connectivity index (χ0v) is 26.9. The van der Waals surface area contributed by atoms with Crippen molar-refractivity contribution in [2.45, 2.75) is 88.6 Å². The summed E-state index contributed by atoms with van der Waals surface area (Å²) >= 11 is 0. The molecule has 0 unspecified atom stereocenters. The van der Waals surface area contributed by atoms with E-state index in [1.807, 2.05) is 42.6 Å². The van der Waals surface area contributed by atoms with Gasteiger partial charge in [-0.2, -0.15) is 0 Å². The van der Waals surface area contributed by atoms with Gasteiger partial charge in [0.1, 0.15) is 0 Å². The monoisotopic (exact) mass is 624 g/mol. The first-order valence-electron chi connectivity index (χ1n) is 17.2. The topological polar surface area (TPSA) is 96.0 Å². The van der Waals surface area contributed by atoms with Crippen molar-refractivity contribution in [2.24, 2.45) is 17.8 Å². The number of pyridine rings is 1. The van der Waals surface area contributed by atoms with E-state index < -0.39 is 6.29 Å². The first-order valence-corrected chi connectivity index (χ1v) is 17.2. The van der Waals surface area contributed by atoms with E-state index in [1.165, 1.54) is 19.3 Å². The average molecular weight is 625 g/mol. The molecule has 0 radical (unpaired) electrons. The van der Waals surface area contributed by atoms with Gasteiger partial charge in [0, 0.05) is 55.5 Å². The van der Waals surface area contributed by atoms with Crippen LogP contribution in [0, 0.1) is 17.8 Å². The quantitative estimate of drug-likeness (QED) is 0.240. The van der Waals surface area contributed by atoms with Gasteiger partial charge in [-0.25, -0.2) is 4.79 Å². The maximum atomic E-state index is 13.0. The second kappa shape index (κ2) is 13.8. The molecule has 8 rings (SSSR count). The number of aliphatic hydroxyl groups excluding tert-OH is 1. The lowest BCUT2D eigenvalue weighted by atomic mass is 9.53. The van der Waals surface area contributed by atoms with Gasteiger partial charge in [0.2, 0.25) is 0 Å². The summed E-state index contributed by atoms with van der Waals surface area (Å²) in [6, 6.07) is 22.2. The highest BCUT2D eigenvalue weighted by Gasteiger charge is 2.51. The number of aromatic nitrogens is 1. The third kappa shape index (κ3) is 7.46. The lowest BCUT2D eigenvalue weighted by Gasteiger charge is -2.56. The molecule has 3 N–H and O–H groups in total. The minimum atomic E-state index is -0.508. The van der Waals surface area contributed by atoms with E-state index in [1.54, 1.807) is 0 Å². The van der Waals surface area contributed by atoms with E-state index in [0.29, 0.717) is 6.54 Å². The molecule has 5 fully saturated rings. The Morgan fingerprint density at radius 1 is 0.891 bits per heavy atom. The van der Waals surface area contributed by atoms with E-state index in [2.05, 4.69) is 57.9 Å². The van der Waals surface area contributed by atoms with Gasteiger partial charge in [0.15, 0.2) is 6.29 Å². The molecule has 46 heavy (non-hydrogen) atoms. The van der Waals surface area contributed by atoms with Crippen molar-refractivity contribution in [2.75, 3.05) is 20.1 Å². The number of amides is 2. The third-order valence-electron chi connectivity index (χ3n) is 10.7. The lowest BCUT2D eigenvalue weighted by Crippen LogP contribution is -2.61. The Kier molecular flexibility index (Phi) is 9.41. The van der Waals surface area contributed by atoms with Crippen molar-refractivity contribution in [1.29, 1.82) is 0 Å². The van der Waals surface area contributed by atoms with Gasteiger partial charge in [-0.05, 0) is 92.1 Å². The molecule has 4 saturated carbocycles. The number of nitrogens with one attached hydrogen (secondary N) is 2. The molecule has 2 amide bonds. The Bertz CT molecular complexity index is 1410. The van der Waals surface area contributed by atoms with Crippen LogP contribution in [-0.4, -0.2) is 52.8 Å². The summed E-state index contributed by atoms with van der Waals surface area (Å²) in [4.78, 5) is 19.8. The molecule has 1 aliphatic heterocycles. The number of likely N-dealkylation sites (N-methyl/N-ethyl adjacent to an activating group) is 1. The largest absolute Gasteiger partial charge is 0.392 e. The van der Waals surface area contributed by atoms with Crippen LogP contribution in [0.25, 0.3) is 0 Å². The van der Waals surface area contributed by atoms with Crippen LogP contribution >= 0.6 is 0 Å². The molecule has 1 aromatic heterocycles. The number of hydrogen-bond acceptors (Lipinski definition) is 6. The fourth-order valence-electron chi connectivity index (χ4n) is 8.85. The van der Waals surface area contributed by atoms with Crippen LogP contribution in [0.15, 0.2) is 72.9 Å². The second-order valence-corrected chi connectivity index (χ2v) is 14.4. The van der Waals surface area contributed by atoms with Crippen LogP contribution in [0.3, 0.4) is 0 Å². The summed E-state index contributed by atoms with van der Waals surface area (Å²) in [5, 5.41) is 16.1. The molecule has 0 spiro atoms. The van der Waals surface area contributed by atoms with Crippen molar-refractivity contribution in [3.63, 3.8) is 0 Å². The van der Waals surface area contributed by atoms with Crippen LogP contribution in [0.1, 0.15) is 85.3 Å². The molecule has 3 atom stereocenters. The van der Waals surface area contributed by atoms with Crippen molar-refractivity contribution in [3.05, 3.63) is 101 Å². The smallest absolute Gasteiger partial charge is 0.315 e. The zero-order chi connectivity index (χ0) is 31.5. The Labute approximate surface area is 272 Å². The van der Waals surface area contributed by atoms with Crippen LogP contribution in [0.2, 0.25) is 0 Å². The van der Waals surface area contributed by atoms with E-state index in [-0.39, 0.29) is 30.4 Å². The number of benzene rings is 2. The van der Waals surface area contributed by atoms with Gasteiger partial charge in [-0.15, -0.1) is 0 Å². The molecule has 5 aliphatic rings. The number of ether oxygens (including phenoxy) is 2. The number of nitrogens with zero attached hydrogens (tertiary/aromatic N) is 2. The Balaban J connectivity index is 0.970. The maximum absolute atomic E-state index is 13.0. The molecule has 1 saturated heterocycles. The predicted molar refractivity (Wildman–Crippen MR) is 177 cm³/mol. The zero-order valence-electron chi connectivity index (χ0n) is 26.9. The fourth-order valence-corrected chi connectivity index (χ4v) is 8.85. The highest BCUT2D eigenvalue weighted by Crippen LogP contribution is 2.55. The van der Waals surface area contributed by atoms with Crippen LogP contribution in [0.4, 0.5) is 4.79 Å². The van der Waals surface area contributed by atoms with Crippen LogP contribution < -0.4 is 10.6 Å². The van der Waals surface area contributed by atoms with Crippen molar-refractivity contribution < 1.29 is 19.4 Å². The van der Waals surface area contributed by atoms with E-state index in [9.17, 15) is 9.90 Å². The Hall–Kier alpha value is -3.30. The Morgan fingerprint density at radius 2 is 1.57 bits per heavy atom. The van der Waals surface area contributed by atoms with Crippen LogP contribution in [0.5, 0.6) is 0 Å². The second-order valence-electron chi connectivity index (χ2n) is 14.4. The number of carbonyl (C=O) groups is 1. The highest BCUT2D eigenvalue weighted by atomic mass is 16.7. The summed E-state index contributed by atoms with van der Waals surface area (Å²) in [5.41, 5.74) is 5.06. The van der Waals surface area contributed by atoms with E-state index >= 15 is 0 Å². The van der Waals surface area contributed by atoms with Gasteiger partial charge in [0.25, 0.3) is 0 Å². The molecular formula is C38H48N4O4. The average Bonchev–Trinajstić information content (AvgIpc) is 3.06. The summed E-state index contributed by atoms with van der Waals surface area (Å²) in [5.74, 6) is 2.40. The maximum Gasteiger partial charge on any atom is 0.315 e. The number of hydrogen-bond donors (Lipinski definition) is 3. The molecule has 8 nitrogen and oxygen atoms in total. The van der Waals surface area contributed by atoms with Gasteiger partial charge >= 0.3 is 6.03 Å². The molecule has 244 valence electrons. The highest BCUT2D eigenvalue weighted by molar-refractivity contribution is 5.75. The fraction of sp³-hybridized carbons (Fsp3) is 0.526. The van der Waals surface area contributed by atoms with Gasteiger partial charge in [-0.3, -0.25) is 4.98 Å². The van der Waals surface area contributed by atoms with Gasteiger partial charge in [0.05, 0.1) is 18.8 Å². The molecule has 2 aromatic carbocycles. The summed E-state index contributed by atoms with van der Waals surface area (Å²) < 4.78 is 13.1. The van der Waals surface area contributed by atoms with Gasteiger partial charge in [-0.1, -0.05) is 54.6 Å². The predicted octanol–water partition coefficient (Wildman–Crippen LogP) is 6.06. The minimum Gasteiger partial charge on any atom is -0.392 e. The standard InChI is InChI=1S/C38H48N4O4/c1-42(15-13-33-4-2-3-14-39-33)24-34-19-35(31-9-7-27(25-43)8-10-31)46-36(45-34)32-11-5-26(6-12-32)23-40-37(44)41-38-20-28-16-29(21-38)18-30(17-28)22-38/h2-12,14,28-30,34-36,43H,13,15-25H2,1H3,(H2,40,41,44)/t28?,29?,30?,34-,35+,36+,38?/m0/s1. The Morgan fingerprint density at radius 3 is 2.22 bits per heavy atom. The third-order valence-corrected chi connectivity index (χ3v) is 10.7. The molecular weight excluding hydrogens is 576 g/mol. The molecule has 3 aromatic rings. The molecule has 8 heteroatoms. The van der Waals surface area contributed by atoms with Crippen LogP contribution in [-0.2, 0) is 29.0 Å². The van der Waals surface area contributed by atoms with Crippen molar-refractivity contribution in [3.8, 4) is 0 Å². The number of carbonyl (C=O) groups excluding carboxylic acids is 1. The summed E-state index contributed by atoms with van der Waals surface area (Å²) in [6.45, 7) is 2.16. The summed E-state index contributed by atoms with van der Waals surface area (Å²) in [7, 11) is 2.13. The van der Waals surface area contributed by atoms with Crippen molar-refractivity contribution in [1.82, 2.24) is 20.5 Å². The first-order chi connectivity index (χ1) is 22.4. The number of urea groups is 1. The van der Waals surface area contributed by atoms with E-state index in [0.717, 1.165) is 90.9 Å². The first kappa shape index (κ1) is 31.3. The summed E-state index contributed by atoms with van der Waals surface area (Å²) in [6.07, 6.45) is 10.3. The number of aliphatic hydroxyl groups is 1. The molecule has 4 aliphatic carbocycles. The SMILES string of the molecule is CN(CCc1ccccn1)C[C@@H]1C[C@H](c2ccc(CO)cc2)O[C@H](c2ccc(CNC(=O)NC34CC5CC(CC(C5)C3)C4)cc2)O1.